The second kappa shape index (κ2) is 6.48. The molecule has 1 aliphatic carbocycles. The summed E-state index contributed by atoms with van der Waals surface area (Å²) < 4.78 is 16.4. The summed E-state index contributed by atoms with van der Waals surface area (Å²) in [5.41, 5.74) is 8.73. The number of fused-ring (bicyclic) bond motifs is 2. The van der Waals surface area contributed by atoms with Crippen LogP contribution in [0, 0.1) is 12.7 Å². The third kappa shape index (κ3) is 2.82. The predicted molar refractivity (Wildman–Crippen MR) is 109 cm³/mol. The normalized spacial score (nSPS) is 18.8. The molecular formula is C21H20FN3O3S. The molecule has 0 amide bonds. The number of rotatable bonds is 3. The molecule has 0 saturated heterocycles. The predicted octanol–water partition coefficient (Wildman–Crippen LogP) is 3.15. The molecule has 2 aliphatic rings. The second-order valence-electron chi connectivity index (χ2n) is 7.82. The van der Waals surface area contributed by atoms with Crippen molar-refractivity contribution in [3.05, 3.63) is 61.6 Å². The topological polar surface area (TPSA) is 96.8 Å². The Balaban J connectivity index is 1.81. The number of nitrogens with two attached hydrogens (primary N) is 1. The van der Waals surface area contributed by atoms with Gasteiger partial charge in [0, 0.05) is 40.6 Å². The molecule has 150 valence electrons. The van der Waals surface area contributed by atoms with Gasteiger partial charge in [-0.2, -0.15) is 0 Å². The molecule has 1 unspecified atom stereocenters. The average Bonchev–Trinajstić information content (AvgIpc) is 3.42. The zero-order chi connectivity index (χ0) is 20.4. The standard InChI is InChI=1S/C21H20FN3O3S/c1-9-18(16-5-12-15(23)6-24-7-17(12)29-16)14(22)8-25-19(9)11(10-2-3-10)4-13(20(25)26)21(27)28/h4-5,8,10,15,24H,2-3,6-7,23H2,1H3,(H,27,28). The molecule has 0 aromatic carbocycles. The van der Waals surface area contributed by atoms with Crippen molar-refractivity contribution in [1.82, 2.24) is 9.72 Å². The molecule has 8 heteroatoms. The van der Waals surface area contributed by atoms with Gasteiger partial charge in [-0.3, -0.25) is 9.20 Å². The Morgan fingerprint density at radius 3 is 2.76 bits per heavy atom. The summed E-state index contributed by atoms with van der Waals surface area (Å²) in [5, 5.41) is 12.7. The summed E-state index contributed by atoms with van der Waals surface area (Å²) in [6.45, 7) is 3.19. The van der Waals surface area contributed by atoms with Crippen LogP contribution in [0.2, 0.25) is 0 Å². The highest BCUT2D eigenvalue weighted by Gasteiger charge is 2.31. The molecule has 3 aromatic heterocycles. The van der Waals surface area contributed by atoms with Crippen molar-refractivity contribution in [2.45, 2.75) is 38.3 Å². The summed E-state index contributed by atoms with van der Waals surface area (Å²) in [5.74, 6) is -1.63. The number of aromatic nitrogens is 1. The number of hydrogen-bond acceptors (Lipinski definition) is 5. The van der Waals surface area contributed by atoms with E-state index in [0.29, 0.717) is 29.7 Å². The van der Waals surface area contributed by atoms with Gasteiger partial charge in [-0.1, -0.05) is 0 Å². The summed E-state index contributed by atoms with van der Waals surface area (Å²) >= 11 is 1.51. The maximum Gasteiger partial charge on any atom is 0.341 e. The first-order chi connectivity index (χ1) is 13.9. The van der Waals surface area contributed by atoms with Crippen molar-refractivity contribution >= 4 is 22.8 Å². The van der Waals surface area contributed by atoms with Crippen molar-refractivity contribution in [2.75, 3.05) is 6.54 Å². The minimum absolute atomic E-state index is 0.129. The van der Waals surface area contributed by atoms with Gasteiger partial charge in [-0.05, 0) is 54.5 Å². The van der Waals surface area contributed by atoms with Gasteiger partial charge in [0.2, 0.25) is 0 Å². The number of hydrogen-bond donors (Lipinski definition) is 3. The average molecular weight is 413 g/mol. The van der Waals surface area contributed by atoms with Gasteiger partial charge in [-0.15, -0.1) is 11.3 Å². The highest BCUT2D eigenvalue weighted by atomic mass is 32.1. The minimum Gasteiger partial charge on any atom is -0.477 e. The third-order valence-electron chi connectivity index (χ3n) is 5.86. The molecule has 6 nitrogen and oxygen atoms in total. The number of halogens is 1. The first kappa shape index (κ1) is 18.5. The number of pyridine rings is 2. The molecule has 29 heavy (non-hydrogen) atoms. The van der Waals surface area contributed by atoms with Crippen LogP contribution in [0.25, 0.3) is 16.0 Å². The lowest BCUT2D eigenvalue weighted by Gasteiger charge is -2.19. The molecule has 1 atom stereocenters. The van der Waals surface area contributed by atoms with E-state index in [1.807, 2.05) is 6.07 Å². The number of carbonyl (C=O) groups is 1. The number of nitrogens with one attached hydrogen (secondary N) is 1. The second-order valence-corrected chi connectivity index (χ2v) is 8.96. The van der Waals surface area contributed by atoms with Gasteiger partial charge >= 0.3 is 5.97 Å². The summed E-state index contributed by atoms with van der Waals surface area (Å²) in [7, 11) is 0. The first-order valence-corrected chi connectivity index (χ1v) is 10.4. The van der Waals surface area contributed by atoms with Crippen LogP contribution in [-0.4, -0.2) is 22.0 Å². The molecule has 4 N–H and O–H groups in total. The van der Waals surface area contributed by atoms with Gasteiger partial charge in [0.1, 0.15) is 11.4 Å². The number of carboxylic acids is 1. The van der Waals surface area contributed by atoms with E-state index < -0.39 is 17.3 Å². The van der Waals surface area contributed by atoms with E-state index in [-0.39, 0.29) is 17.5 Å². The van der Waals surface area contributed by atoms with Crippen LogP contribution in [0.5, 0.6) is 0 Å². The molecule has 1 saturated carbocycles. The lowest BCUT2D eigenvalue weighted by atomic mass is 9.98. The van der Waals surface area contributed by atoms with Crippen molar-refractivity contribution < 1.29 is 14.3 Å². The Bertz CT molecular complexity index is 1240. The summed E-state index contributed by atoms with van der Waals surface area (Å²) in [4.78, 5) is 26.1. The Morgan fingerprint density at radius 1 is 1.34 bits per heavy atom. The molecule has 0 spiro atoms. The lowest BCUT2D eigenvalue weighted by molar-refractivity contribution is 0.0694. The Kier molecular flexibility index (Phi) is 4.13. The highest BCUT2D eigenvalue weighted by Crippen LogP contribution is 2.45. The van der Waals surface area contributed by atoms with Crippen LogP contribution in [0.4, 0.5) is 4.39 Å². The van der Waals surface area contributed by atoms with Crippen molar-refractivity contribution in [2.24, 2.45) is 5.73 Å². The lowest BCUT2D eigenvalue weighted by Crippen LogP contribution is -2.31. The van der Waals surface area contributed by atoms with Crippen LogP contribution in [-0.2, 0) is 6.54 Å². The molecule has 0 bridgehead atoms. The summed E-state index contributed by atoms with van der Waals surface area (Å²) in [6.07, 6.45) is 3.01. The van der Waals surface area contributed by atoms with E-state index in [1.54, 1.807) is 6.92 Å². The monoisotopic (exact) mass is 413 g/mol. The SMILES string of the molecule is Cc1c(-c2cc3c(s2)CNCC3N)c(F)cn2c(=O)c(C(=O)O)cc(C3CC3)c12. The quantitative estimate of drug-likeness (QED) is 0.613. The van der Waals surface area contributed by atoms with E-state index in [9.17, 15) is 14.7 Å². The van der Waals surface area contributed by atoms with E-state index in [4.69, 9.17) is 5.73 Å². The Labute approximate surface area is 169 Å². The van der Waals surface area contributed by atoms with Gasteiger partial charge in [-0.25, -0.2) is 9.18 Å². The Hall–Kier alpha value is -2.55. The number of aromatic carboxylic acids is 1. The minimum atomic E-state index is -1.29. The number of thiophene rings is 1. The van der Waals surface area contributed by atoms with E-state index in [1.165, 1.54) is 21.8 Å². The van der Waals surface area contributed by atoms with Crippen molar-refractivity contribution in [1.29, 1.82) is 0 Å². The van der Waals surface area contributed by atoms with Crippen LogP contribution in [0.15, 0.2) is 23.1 Å². The van der Waals surface area contributed by atoms with E-state index in [0.717, 1.165) is 39.9 Å². The molecule has 5 rings (SSSR count). The molecular weight excluding hydrogens is 393 g/mol. The maximum atomic E-state index is 15.2. The fourth-order valence-electron chi connectivity index (χ4n) is 4.28. The zero-order valence-corrected chi connectivity index (χ0v) is 16.6. The van der Waals surface area contributed by atoms with Gasteiger partial charge in [0.05, 0.1) is 5.52 Å². The van der Waals surface area contributed by atoms with Crippen molar-refractivity contribution in [3.8, 4) is 10.4 Å². The molecule has 3 aromatic rings. The fraction of sp³-hybridized carbons (Fsp3) is 0.333. The number of aryl methyl sites for hydroxylation is 1. The number of carboxylic acid groups (broad SMARTS) is 1. The van der Waals surface area contributed by atoms with E-state index >= 15 is 4.39 Å². The zero-order valence-electron chi connectivity index (χ0n) is 15.8. The molecule has 4 heterocycles. The maximum absolute atomic E-state index is 15.2. The van der Waals surface area contributed by atoms with Crippen LogP contribution < -0.4 is 16.6 Å². The van der Waals surface area contributed by atoms with Crippen molar-refractivity contribution in [3.63, 3.8) is 0 Å². The largest absolute Gasteiger partial charge is 0.477 e. The van der Waals surface area contributed by atoms with Gasteiger partial charge in [0.15, 0.2) is 0 Å². The molecule has 0 radical (unpaired) electrons. The summed E-state index contributed by atoms with van der Waals surface area (Å²) in [6, 6.07) is 3.30. The fourth-order valence-corrected chi connectivity index (χ4v) is 5.59. The number of nitrogens with zero attached hydrogens (tertiary/aromatic N) is 1. The van der Waals surface area contributed by atoms with Gasteiger partial charge in [0.25, 0.3) is 5.56 Å². The van der Waals surface area contributed by atoms with Gasteiger partial charge < -0.3 is 16.2 Å². The molecule has 1 aliphatic heterocycles. The highest BCUT2D eigenvalue weighted by molar-refractivity contribution is 7.15. The van der Waals surface area contributed by atoms with Crippen LogP contribution in [0.3, 0.4) is 0 Å². The van der Waals surface area contributed by atoms with Crippen LogP contribution >= 0.6 is 11.3 Å². The molecule has 1 fully saturated rings. The van der Waals surface area contributed by atoms with E-state index in [2.05, 4.69) is 5.32 Å². The van der Waals surface area contributed by atoms with Crippen LogP contribution in [0.1, 0.15) is 56.7 Å². The Morgan fingerprint density at radius 2 is 2.10 bits per heavy atom. The first-order valence-electron chi connectivity index (χ1n) is 9.57. The third-order valence-corrected chi connectivity index (χ3v) is 7.03. The smallest absolute Gasteiger partial charge is 0.341 e.